The van der Waals surface area contributed by atoms with E-state index in [2.05, 4.69) is 10.1 Å². The number of ether oxygens (including phenoxy) is 1. The van der Waals surface area contributed by atoms with Gasteiger partial charge in [-0.15, -0.1) is 0 Å². The maximum Gasteiger partial charge on any atom is 0.295 e. The highest BCUT2D eigenvalue weighted by molar-refractivity contribution is 7.89. The molecular weight excluding hydrogens is 300 g/mol. The van der Waals surface area contributed by atoms with Crippen molar-refractivity contribution in [1.29, 1.82) is 0 Å². The summed E-state index contributed by atoms with van der Waals surface area (Å²) in [5.41, 5.74) is 2.16. The average molecular weight is 318 g/mol. The van der Waals surface area contributed by atoms with Gasteiger partial charge in [-0.3, -0.25) is 16.0 Å². The molecule has 0 bridgehead atoms. The second kappa shape index (κ2) is 7.31. The summed E-state index contributed by atoms with van der Waals surface area (Å²) in [7, 11) is -3.86. The molecule has 0 amide bonds. The summed E-state index contributed by atoms with van der Waals surface area (Å²) in [6.45, 7) is 4.10. The molecule has 9 nitrogen and oxygen atoms in total. The molecule has 0 heterocycles. The fraction of sp³-hybridized carbons (Fsp3) is 0.455. The lowest BCUT2D eigenvalue weighted by molar-refractivity contribution is -0.384. The minimum Gasteiger partial charge on any atom is -0.380 e. The molecule has 0 aliphatic heterocycles. The van der Waals surface area contributed by atoms with E-state index in [0.29, 0.717) is 12.2 Å². The molecule has 0 aromatic heterocycles. The lowest BCUT2D eigenvalue weighted by Gasteiger charge is -2.11. The predicted molar refractivity (Wildman–Crippen MR) is 77.3 cm³/mol. The fourth-order valence-electron chi connectivity index (χ4n) is 1.70. The SMILES string of the molecule is CCOCCNS(=O)(=O)c1cc([N+](=O)[O-])c(NN)cc1C. The Labute approximate surface area is 122 Å². The number of hydrogen-bond acceptors (Lipinski definition) is 7. The van der Waals surface area contributed by atoms with Crippen LogP contribution in [0, 0.1) is 17.0 Å². The number of nitrogens with two attached hydrogens (primary N) is 1. The Balaban J connectivity index is 3.11. The average Bonchev–Trinajstić information content (AvgIpc) is 2.42. The van der Waals surface area contributed by atoms with Crippen molar-refractivity contribution in [3.05, 3.63) is 27.8 Å². The van der Waals surface area contributed by atoms with Crippen LogP contribution in [0.25, 0.3) is 0 Å². The van der Waals surface area contributed by atoms with Crippen molar-refractivity contribution >= 4 is 21.4 Å². The van der Waals surface area contributed by atoms with Crippen molar-refractivity contribution in [3.63, 3.8) is 0 Å². The van der Waals surface area contributed by atoms with Crippen LogP contribution in [0.1, 0.15) is 12.5 Å². The van der Waals surface area contributed by atoms with E-state index in [9.17, 15) is 18.5 Å². The third-order valence-electron chi connectivity index (χ3n) is 2.68. The van der Waals surface area contributed by atoms with E-state index in [-0.39, 0.29) is 23.7 Å². The molecule has 0 radical (unpaired) electrons. The van der Waals surface area contributed by atoms with Crippen LogP contribution in [0.2, 0.25) is 0 Å². The maximum absolute atomic E-state index is 12.1. The minimum atomic E-state index is -3.86. The fourth-order valence-corrected chi connectivity index (χ4v) is 2.96. The molecule has 0 atom stereocenters. The van der Waals surface area contributed by atoms with Crippen molar-refractivity contribution in [2.45, 2.75) is 18.7 Å². The van der Waals surface area contributed by atoms with Crippen LogP contribution in [0.3, 0.4) is 0 Å². The Kier molecular flexibility index (Phi) is 6.03. The van der Waals surface area contributed by atoms with Gasteiger partial charge in [-0.05, 0) is 25.5 Å². The summed E-state index contributed by atoms with van der Waals surface area (Å²) < 4.78 is 31.7. The highest BCUT2D eigenvalue weighted by Crippen LogP contribution is 2.29. The van der Waals surface area contributed by atoms with Crippen LogP contribution in [-0.2, 0) is 14.8 Å². The Morgan fingerprint density at radius 2 is 2.10 bits per heavy atom. The van der Waals surface area contributed by atoms with Gasteiger partial charge in [-0.2, -0.15) is 0 Å². The van der Waals surface area contributed by atoms with Gasteiger partial charge < -0.3 is 10.2 Å². The summed E-state index contributed by atoms with van der Waals surface area (Å²) in [6.07, 6.45) is 0. The molecule has 1 aromatic rings. The Bertz CT molecular complexity index is 617. The van der Waals surface area contributed by atoms with Gasteiger partial charge in [-0.1, -0.05) is 0 Å². The zero-order chi connectivity index (χ0) is 16.0. The molecule has 21 heavy (non-hydrogen) atoms. The molecule has 10 heteroatoms. The number of nitrogen functional groups attached to an aromatic ring is 1. The standard InChI is InChI=1S/C11H18N4O5S/c1-3-20-5-4-13-21(18,19)11-7-10(15(16)17)9(14-12)6-8(11)2/h6-7,13-14H,3-5,12H2,1-2H3. The third-order valence-corrected chi connectivity index (χ3v) is 4.28. The molecule has 0 saturated heterocycles. The summed E-state index contributed by atoms with van der Waals surface area (Å²) >= 11 is 0. The summed E-state index contributed by atoms with van der Waals surface area (Å²) in [5.74, 6) is 5.19. The number of nitrogens with zero attached hydrogens (tertiary/aromatic N) is 1. The molecule has 0 aliphatic rings. The van der Waals surface area contributed by atoms with E-state index in [4.69, 9.17) is 10.6 Å². The Morgan fingerprint density at radius 3 is 2.62 bits per heavy atom. The molecule has 1 rings (SSSR count). The number of hydrogen-bond donors (Lipinski definition) is 3. The molecule has 4 N–H and O–H groups in total. The van der Waals surface area contributed by atoms with Crippen LogP contribution in [0.4, 0.5) is 11.4 Å². The molecule has 0 spiro atoms. The van der Waals surface area contributed by atoms with Crippen LogP contribution in [0.15, 0.2) is 17.0 Å². The second-order valence-corrected chi connectivity index (χ2v) is 5.87. The zero-order valence-electron chi connectivity index (χ0n) is 11.8. The van der Waals surface area contributed by atoms with Gasteiger partial charge in [0.05, 0.1) is 16.4 Å². The lowest BCUT2D eigenvalue weighted by atomic mass is 10.2. The van der Waals surface area contributed by atoms with Crippen molar-refractivity contribution in [2.24, 2.45) is 5.84 Å². The number of sulfonamides is 1. The van der Waals surface area contributed by atoms with Crippen LogP contribution in [-0.4, -0.2) is 33.1 Å². The van der Waals surface area contributed by atoms with E-state index in [1.54, 1.807) is 6.92 Å². The normalized spacial score (nSPS) is 11.4. The quantitative estimate of drug-likeness (QED) is 0.275. The van der Waals surface area contributed by atoms with Crippen LogP contribution in [0.5, 0.6) is 0 Å². The maximum atomic E-state index is 12.1. The number of nitro benzene ring substituents is 1. The minimum absolute atomic E-state index is 0.0470. The highest BCUT2D eigenvalue weighted by atomic mass is 32.2. The van der Waals surface area contributed by atoms with Gasteiger partial charge in [0.15, 0.2) is 0 Å². The number of nitrogens with one attached hydrogen (secondary N) is 2. The largest absolute Gasteiger partial charge is 0.380 e. The zero-order valence-corrected chi connectivity index (χ0v) is 12.6. The van der Waals surface area contributed by atoms with Gasteiger partial charge >= 0.3 is 0 Å². The van der Waals surface area contributed by atoms with Crippen molar-refractivity contribution in [2.75, 3.05) is 25.2 Å². The summed E-state index contributed by atoms with van der Waals surface area (Å²) in [6, 6.07) is 2.29. The first-order chi connectivity index (χ1) is 9.83. The van der Waals surface area contributed by atoms with Crippen LogP contribution < -0.4 is 16.0 Å². The van der Waals surface area contributed by atoms with Crippen molar-refractivity contribution in [3.8, 4) is 0 Å². The van der Waals surface area contributed by atoms with Gasteiger partial charge in [0.25, 0.3) is 5.69 Å². The Morgan fingerprint density at radius 1 is 1.43 bits per heavy atom. The molecule has 0 saturated carbocycles. The molecule has 0 aliphatic carbocycles. The van der Waals surface area contributed by atoms with E-state index in [1.807, 2.05) is 0 Å². The van der Waals surface area contributed by atoms with E-state index >= 15 is 0 Å². The summed E-state index contributed by atoms with van der Waals surface area (Å²) in [5, 5.41) is 10.9. The monoisotopic (exact) mass is 318 g/mol. The first-order valence-corrected chi connectivity index (χ1v) is 7.64. The van der Waals surface area contributed by atoms with Gasteiger partial charge in [0.2, 0.25) is 10.0 Å². The van der Waals surface area contributed by atoms with Crippen LogP contribution >= 0.6 is 0 Å². The molecule has 118 valence electrons. The first-order valence-electron chi connectivity index (χ1n) is 6.16. The first kappa shape index (κ1) is 17.3. The van der Waals surface area contributed by atoms with Crippen molar-refractivity contribution < 1.29 is 18.1 Å². The predicted octanol–water partition coefficient (Wildman–Crippen LogP) is 0.504. The topological polar surface area (TPSA) is 137 Å². The van der Waals surface area contributed by atoms with E-state index in [0.717, 1.165) is 6.07 Å². The van der Waals surface area contributed by atoms with E-state index in [1.165, 1.54) is 13.0 Å². The van der Waals surface area contributed by atoms with Gasteiger partial charge in [-0.25, -0.2) is 13.1 Å². The van der Waals surface area contributed by atoms with Gasteiger partial charge in [0.1, 0.15) is 5.69 Å². The smallest absolute Gasteiger partial charge is 0.295 e. The number of anilines is 1. The second-order valence-electron chi connectivity index (χ2n) is 4.13. The molecule has 0 fully saturated rings. The lowest BCUT2D eigenvalue weighted by Crippen LogP contribution is -2.28. The Hall–Kier alpha value is -1.75. The van der Waals surface area contributed by atoms with E-state index < -0.39 is 20.6 Å². The number of hydrazine groups is 1. The molecule has 0 unspecified atom stereocenters. The molecular formula is C11H18N4O5S. The number of benzene rings is 1. The third kappa shape index (κ3) is 4.36. The number of nitro groups is 1. The number of rotatable bonds is 8. The molecule has 1 aromatic carbocycles. The number of aryl methyl sites for hydroxylation is 1. The highest BCUT2D eigenvalue weighted by Gasteiger charge is 2.23. The summed E-state index contributed by atoms with van der Waals surface area (Å²) in [4.78, 5) is 10.1. The van der Waals surface area contributed by atoms with Crippen molar-refractivity contribution in [1.82, 2.24) is 4.72 Å². The van der Waals surface area contributed by atoms with Gasteiger partial charge in [0, 0.05) is 19.2 Å².